The second kappa shape index (κ2) is 5.40. The third kappa shape index (κ3) is 2.54. The molecule has 3 rings (SSSR count). The van der Waals surface area contributed by atoms with Gasteiger partial charge in [-0.3, -0.25) is 14.9 Å². The highest BCUT2D eigenvalue weighted by Gasteiger charge is 2.26. The van der Waals surface area contributed by atoms with Gasteiger partial charge in [0.25, 0.3) is 5.91 Å². The van der Waals surface area contributed by atoms with E-state index in [1.54, 1.807) is 18.6 Å². The molecule has 1 amide bonds. The Kier molecular flexibility index (Phi) is 3.45. The highest BCUT2D eigenvalue weighted by atomic mass is 16.2. The number of hydrogen-bond donors (Lipinski definition) is 1. The lowest BCUT2D eigenvalue weighted by Gasteiger charge is -2.31. The van der Waals surface area contributed by atoms with Crippen molar-refractivity contribution in [3.8, 4) is 0 Å². The summed E-state index contributed by atoms with van der Waals surface area (Å²) in [6, 6.07) is 1.98. The molecule has 20 heavy (non-hydrogen) atoms. The number of piperidine rings is 1. The van der Waals surface area contributed by atoms with Crippen LogP contribution in [-0.4, -0.2) is 44.1 Å². The van der Waals surface area contributed by atoms with E-state index in [1.807, 2.05) is 17.9 Å². The van der Waals surface area contributed by atoms with Crippen LogP contribution in [0, 0.1) is 6.92 Å². The van der Waals surface area contributed by atoms with Crippen LogP contribution < -0.4 is 0 Å². The van der Waals surface area contributed by atoms with Crippen molar-refractivity contribution in [2.24, 2.45) is 0 Å². The Labute approximate surface area is 117 Å². The Balaban J connectivity index is 1.73. The van der Waals surface area contributed by atoms with Gasteiger partial charge in [0.05, 0.1) is 11.9 Å². The minimum Gasteiger partial charge on any atom is -0.337 e. The highest BCUT2D eigenvalue weighted by Crippen LogP contribution is 2.25. The van der Waals surface area contributed by atoms with Crippen LogP contribution in [0.2, 0.25) is 0 Å². The summed E-state index contributed by atoms with van der Waals surface area (Å²) in [5, 5.41) is 6.98. The van der Waals surface area contributed by atoms with Crippen molar-refractivity contribution in [1.29, 1.82) is 0 Å². The highest BCUT2D eigenvalue weighted by molar-refractivity contribution is 5.92. The largest absolute Gasteiger partial charge is 0.337 e. The monoisotopic (exact) mass is 271 g/mol. The Bertz CT molecular complexity index is 578. The number of aryl methyl sites for hydroxylation is 1. The van der Waals surface area contributed by atoms with E-state index >= 15 is 0 Å². The zero-order valence-corrected chi connectivity index (χ0v) is 11.4. The van der Waals surface area contributed by atoms with E-state index in [2.05, 4.69) is 20.2 Å². The number of rotatable bonds is 2. The van der Waals surface area contributed by atoms with Crippen LogP contribution in [0.15, 0.2) is 24.7 Å². The van der Waals surface area contributed by atoms with Crippen LogP contribution in [0.1, 0.15) is 40.6 Å². The lowest BCUT2D eigenvalue weighted by molar-refractivity contribution is 0.0699. The van der Waals surface area contributed by atoms with Crippen molar-refractivity contribution < 1.29 is 4.79 Å². The van der Waals surface area contributed by atoms with Gasteiger partial charge in [-0.15, -0.1) is 0 Å². The van der Waals surface area contributed by atoms with Gasteiger partial charge < -0.3 is 4.90 Å². The molecule has 1 aliphatic heterocycles. The molecule has 1 N–H and O–H groups in total. The van der Waals surface area contributed by atoms with Crippen LogP contribution in [0.25, 0.3) is 0 Å². The van der Waals surface area contributed by atoms with Crippen molar-refractivity contribution in [3.05, 3.63) is 41.7 Å². The van der Waals surface area contributed by atoms with Crippen molar-refractivity contribution in [2.45, 2.75) is 25.7 Å². The molecule has 0 radical (unpaired) electrons. The standard InChI is InChI=1S/C14H17N5O/c1-10-7-16-13(8-15-10)14(20)19-6-2-3-11(9-19)12-4-5-17-18-12/h4-5,7-8,11H,2-3,6,9H2,1H3,(H,17,18). The predicted molar refractivity (Wildman–Crippen MR) is 73.2 cm³/mol. The summed E-state index contributed by atoms with van der Waals surface area (Å²) in [6.45, 7) is 3.34. The molecular formula is C14H17N5O. The number of nitrogens with zero attached hydrogens (tertiary/aromatic N) is 4. The molecule has 0 spiro atoms. The number of likely N-dealkylation sites (tertiary alicyclic amines) is 1. The second-order valence-electron chi connectivity index (χ2n) is 5.15. The van der Waals surface area contributed by atoms with E-state index in [1.165, 1.54) is 0 Å². The normalized spacial score (nSPS) is 19.1. The first-order valence-corrected chi connectivity index (χ1v) is 6.81. The molecule has 0 aliphatic carbocycles. The SMILES string of the molecule is Cc1cnc(C(=O)N2CCCC(c3ccn[nH]3)C2)cn1. The molecule has 2 aromatic heterocycles. The summed E-state index contributed by atoms with van der Waals surface area (Å²) in [5.74, 6) is 0.287. The number of amides is 1. The van der Waals surface area contributed by atoms with Crippen LogP contribution in [0.5, 0.6) is 0 Å². The number of carbonyl (C=O) groups excluding carboxylic acids is 1. The lowest BCUT2D eigenvalue weighted by atomic mass is 9.95. The number of carbonyl (C=O) groups is 1. The third-order valence-electron chi connectivity index (χ3n) is 3.67. The van der Waals surface area contributed by atoms with E-state index in [4.69, 9.17) is 0 Å². The van der Waals surface area contributed by atoms with E-state index in [0.29, 0.717) is 18.2 Å². The first-order valence-electron chi connectivity index (χ1n) is 6.81. The molecule has 6 nitrogen and oxygen atoms in total. The summed E-state index contributed by atoms with van der Waals surface area (Å²) in [4.78, 5) is 22.6. The number of aromatic amines is 1. The Morgan fingerprint density at radius 3 is 3.00 bits per heavy atom. The fourth-order valence-electron chi connectivity index (χ4n) is 2.57. The van der Waals surface area contributed by atoms with Crippen molar-refractivity contribution >= 4 is 5.91 Å². The molecule has 3 heterocycles. The lowest BCUT2D eigenvalue weighted by Crippen LogP contribution is -2.39. The number of nitrogens with one attached hydrogen (secondary N) is 1. The third-order valence-corrected chi connectivity index (χ3v) is 3.67. The molecule has 2 aromatic rings. The van der Waals surface area contributed by atoms with Crippen molar-refractivity contribution in [1.82, 2.24) is 25.1 Å². The van der Waals surface area contributed by atoms with Crippen LogP contribution in [0.3, 0.4) is 0 Å². The smallest absolute Gasteiger partial charge is 0.274 e. The molecule has 1 atom stereocenters. The predicted octanol–water partition coefficient (Wildman–Crippen LogP) is 1.53. The molecule has 1 aliphatic rings. The minimum absolute atomic E-state index is 0.0401. The minimum atomic E-state index is -0.0401. The molecular weight excluding hydrogens is 254 g/mol. The Hall–Kier alpha value is -2.24. The second-order valence-corrected chi connectivity index (χ2v) is 5.15. The topological polar surface area (TPSA) is 74.8 Å². The molecule has 0 aromatic carbocycles. The maximum atomic E-state index is 12.4. The molecule has 6 heteroatoms. The average Bonchev–Trinajstić information content (AvgIpc) is 3.02. The first kappa shape index (κ1) is 12.8. The number of H-pyrrole nitrogens is 1. The maximum Gasteiger partial charge on any atom is 0.274 e. The van der Waals surface area contributed by atoms with Gasteiger partial charge in [0.15, 0.2) is 0 Å². The molecule has 104 valence electrons. The summed E-state index contributed by atoms with van der Waals surface area (Å²) < 4.78 is 0. The summed E-state index contributed by atoms with van der Waals surface area (Å²) in [6.07, 6.45) is 7.00. The molecule has 0 saturated carbocycles. The van der Waals surface area contributed by atoms with Crippen molar-refractivity contribution in [3.63, 3.8) is 0 Å². The number of aromatic nitrogens is 4. The van der Waals surface area contributed by atoms with Gasteiger partial charge in [-0.05, 0) is 25.8 Å². The molecule has 0 bridgehead atoms. The average molecular weight is 271 g/mol. The number of hydrogen-bond acceptors (Lipinski definition) is 4. The maximum absolute atomic E-state index is 12.4. The van der Waals surface area contributed by atoms with Gasteiger partial charge in [0, 0.05) is 37.1 Å². The van der Waals surface area contributed by atoms with Gasteiger partial charge in [0.2, 0.25) is 0 Å². The van der Waals surface area contributed by atoms with E-state index in [0.717, 1.165) is 30.8 Å². The van der Waals surface area contributed by atoms with E-state index < -0.39 is 0 Å². The fourth-order valence-corrected chi connectivity index (χ4v) is 2.57. The Morgan fingerprint density at radius 2 is 2.30 bits per heavy atom. The zero-order chi connectivity index (χ0) is 13.9. The van der Waals surface area contributed by atoms with E-state index in [-0.39, 0.29) is 5.91 Å². The summed E-state index contributed by atoms with van der Waals surface area (Å²) in [7, 11) is 0. The van der Waals surface area contributed by atoms with Crippen LogP contribution in [0.4, 0.5) is 0 Å². The van der Waals surface area contributed by atoms with Crippen LogP contribution in [-0.2, 0) is 0 Å². The zero-order valence-electron chi connectivity index (χ0n) is 11.4. The van der Waals surface area contributed by atoms with Gasteiger partial charge in [0.1, 0.15) is 5.69 Å². The quantitative estimate of drug-likeness (QED) is 0.898. The van der Waals surface area contributed by atoms with Gasteiger partial charge >= 0.3 is 0 Å². The fraction of sp³-hybridized carbons (Fsp3) is 0.429. The van der Waals surface area contributed by atoms with Gasteiger partial charge in [-0.1, -0.05) is 0 Å². The van der Waals surface area contributed by atoms with E-state index in [9.17, 15) is 4.79 Å². The van der Waals surface area contributed by atoms with Crippen molar-refractivity contribution in [2.75, 3.05) is 13.1 Å². The molecule has 1 saturated heterocycles. The summed E-state index contributed by atoms with van der Waals surface area (Å²) in [5.41, 5.74) is 2.33. The van der Waals surface area contributed by atoms with Gasteiger partial charge in [-0.2, -0.15) is 5.10 Å². The van der Waals surface area contributed by atoms with Crippen LogP contribution >= 0.6 is 0 Å². The van der Waals surface area contributed by atoms with Gasteiger partial charge in [-0.25, -0.2) is 4.98 Å². The first-order chi connectivity index (χ1) is 9.74. The molecule has 1 unspecified atom stereocenters. The molecule has 1 fully saturated rings. The summed E-state index contributed by atoms with van der Waals surface area (Å²) >= 11 is 0. The Morgan fingerprint density at radius 1 is 1.40 bits per heavy atom.